The number of benzene rings is 2. The van der Waals surface area contributed by atoms with Gasteiger partial charge in [0, 0.05) is 20.2 Å². The van der Waals surface area contributed by atoms with Crippen LogP contribution in [0.3, 0.4) is 0 Å². The Morgan fingerprint density at radius 2 is 1.91 bits per heavy atom. The monoisotopic (exact) mass is 457 g/mol. The van der Waals surface area contributed by atoms with Gasteiger partial charge in [-0.05, 0) is 58.7 Å². The highest BCUT2D eigenvalue weighted by atomic mass is 79.9. The van der Waals surface area contributed by atoms with Crippen LogP contribution in [0.15, 0.2) is 57.6 Å². The van der Waals surface area contributed by atoms with Crippen LogP contribution in [-0.4, -0.2) is 12.6 Å². The number of rotatable bonds is 5. The second kappa shape index (κ2) is 8.52. The lowest BCUT2D eigenvalue weighted by molar-refractivity contribution is -0.136. The largest absolute Gasteiger partial charge is 0.462 e. The fourth-order valence-electron chi connectivity index (χ4n) is 1.85. The maximum atomic E-state index is 12.2. The van der Waals surface area contributed by atoms with Gasteiger partial charge in [-0.25, -0.2) is 4.79 Å². The Bertz CT molecular complexity index is 730. The molecule has 0 unspecified atom stereocenters. The lowest BCUT2D eigenvalue weighted by atomic mass is 10.1. The molecule has 0 aliphatic carbocycles. The number of anilines is 1. The molecule has 0 fully saturated rings. The zero-order valence-electron chi connectivity index (χ0n) is 12.3. The van der Waals surface area contributed by atoms with Crippen LogP contribution in [0.5, 0.6) is 0 Å². The van der Waals surface area contributed by atoms with Crippen LogP contribution in [0.4, 0.5) is 5.69 Å². The van der Waals surface area contributed by atoms with Gasteiger partial charge in [-0.15, -0.1) is 0 Å². The number of nitrogens with one attached hydrogen (secondary N) is 1. The number of ether oxygens (including phenoxy) is 1. The topological polar surface area (TPSA) is 38.3 Å². The molecule has 0 spiro atoms. The SMILES string of the molecule is CCOC(=O)/C(=C/Nc1ccc(Br)cc1Br)c1ccc(Cl)cc1. The molecule has 0 heterocycles. The predicted molar refractivity (Wildman–Crippen MR) is 102 cm³/mol. The molecule has 120 valence electrons. The van der Waals surface area contributed by atoms with E-state index in [1.54, 1.807) is 37.4 Å². The van der Waals surface area contributed by atoms with E-state index in [9.17, 15) is 4.79 Å². The zero-order chi connectivity index (χ0) is 16.8. The van der Waals surface area contributed by atoms with Crippen LogP contribution in [-0.2, 0) is 9.53 Å². The number of esters is 1. The van der Waals surface area contributed by atoms with Gasteiger partial charge in [0.05, 0.1) is 17.9 Å². The van der Waals surface area contributed by atoms with Gasteiger partial charge in [-0.3, -0.25) is 0 Å². The van der Waals surface area contributed by atoms with Crippen LogP contribution in [0, 0.1) is 0 Å². The number of carbonyl (C=O) groups is 1. The van der Waals surface area contributed by atoms with Crippen molar-refractivity contribution in [2.24, 2.45) is 0 Å². The molecule has 0 aliphatic heterocycles. The van der Waals surface area contributed by atoms with Crippen LogP contribution in [0.25, 0.3) is 5.57 Å². The van der Waals surface area contributed by atoms with E-state index in [2.05, 4.69) is 37.2 Å². The molecule has 0 saturated heterocycles. The molecule has 3 nitrogen and oxygen atoms in total. The number of carbonyl (C=O) groups excluding carboxylic acids is 1. The minimum Gasteiger partial charge on any atom is -0.462 e. The van der Waals surface area contributed by atoms with Crippen molar-refractivity contribution in [2.75, 3.05) is 11.9 Å². The lowest BCUT2D eigenvalue weighted by Crippen LogP contribution is -2.08. The zero-order valence-corrected chi connectivity index (χ0v) is 16.2. The molecule has 0 bridgehead atoms. The summed E-state index contributed by atoms with van der Waals surface area (Å²) in [5.74, 6) is -0.393. The summed E-state index contributed by atoms with van der Waals surface area (Å²) in [5, 5.41) is 3.74. The van der Waals surface area contributed by atoms with E-state index in [1.807, 2.05) is 18.2 Å². The molecular weight excluding hydrogens is 445 g/mol. The van der Waals surface area contributed by atoms with E-state index >= 15 is 0 Å². The lowest BCUT2D eigenvalue weighted by Gasteiger charge is -2.10. The van der Waals surface area contributed by atoms with Gasteiger partial charge in [0.1, 0.15) is 0 Å². The fourth-order valence-corrected chi connectivity index (χ4v) is 3.14. The molecule has 0 aromatic heterocycles. The molecule has 1 N–H and O–H groups in total. The first-order chi connectivity index (χ1) is 11.0. The first-order valence-electron chi connectivity index (χ1n) is 6.86. The van der Waals surface area contributed by atoms with Gasteiger partial charge in [0.15, 0.2) is 0 Å². The summed E-state index contributed by atoms with van der Waals surface area (Å²) >= 11 is 12.8. The second-order valence-corrected chi connectivity index (χ2v) is 6.76. The van der Waals surface area contributed by atoms with E-state index in [0.717, 1.165) is 20.2 Å². The third-order valence-corrected chi connectivity index (χ3v) is 4.36. The molecule has 2 aromatic rings. The summed E-state index contributed by atoms with van der Waals surface area (Å²) in [7, 11) is 0. The summed E-state index contributed by atoms with van der Waals surface area (Å²) in [6, 6.07) is 12.8. The summed E-state index contributed by atoms with van der Waals surface area (Å²) in [4.78, 5) is 12.2. The fraction of sp³-hybridized carbons (Fsp3) is 0.118. The minimum absolute atomic E-state index is 0.311. The Morgan fingerprint density at radius 1 is 1.22 bits per heavy atom. The van der Waals surface area contributed by atoms with Crippen molar-refractivity contribution in [1.82, 2.24) is 0 Å². The maximum absolute atomic E-state index is 12.2. The molecule has 0 saturated carbocycles. The Morgan fingerprint density at radius 3 is 2.52 bits per heavy atom. The third-order valence-electron chi connectivity index (χ3n) is 2.95. The predicted octanol–water partition coefficient (Wildman–Crippen LogP) is 5.88. The molecule has 23 heavy (non-hydrogen) atoms. The molecule has 0 radical (unpaired) electrons. The van der Waals surface area contributed by atoms with Crippen molar-refractivity contribution in [1.29, 1.82) is 0 Å². The third kappa shape index (κ3) is 5.09. The van der Waals surface area contributed by atoms with Crippen LogP contribution >= 0.6 is 43.5 Å². The smallest absolute Gasteiger partial charge is 0.340 e. The number of hydrogen-bond donors (Lipinski definition) is 1. The highest BCUT2D eigenvalue weighted by Gasteiger charge is 2.13. The quantitative estimate of drug-likeness (QED) is 0.448. The molecule has 2 aromatic carbocycles. The van der Waals surface area contributed by atoms with E-state index in [4.69, 9.17) is 16.3 Å². The van der Waals surface area contributed by atoms with E-state index < -0.39 is 5.97 Å². The highest BCUT2D eigenvalue weighted by Crippen LogP contribution is 2.27. The van der Waals surface area contributed by atoms with Crippen molar-refractivity contribution < 1.29 is 9.53 Å². The second-order valence-electron chi connectivity index (χ2n) is 4.55. The van der Waals surface area contributed by atoms with Crippen LogP contribution < -0.4 is 5.32 Å². The first-order valence-corrected chi connectivity index (χ1v) is 8.82. The summed E-state index contributed by atoms with van der Waals surface area (Å²) < 4.78 is 6.96. The van der Waals surface area contributed by atoms with E-state index in [0.29, 0.717) is 17.2 Å². The minimum atomic E-state index is -0.393. The van der Waals surface area contributed by atoms with Crippen molar-refractivity contribution in [3.8, 4) is 0 Å². The standard InChI is InChI=1S/C17H14Br2ClNO2/c1-2-23-17(22)14(11-3-6-13(20)7-4-11)10-21-16-8-5-12(18)9-15(16)19/h3-10,21H,2H2,1H3/b14-10+. The molecule has 6 heteroatoms. The van der Waals surface area contributed by atoms with Crippen molar-refractivity contribution >= 4 is 60.7 Å². The molecular formula is C17H14Br2ClNO2. The van der Waals surface area contributed by atoms with Crippen molar-refractivity contribution in [2.45, 2.75) is 6.92 Å². The van der Waals surface area contributed by atoms with Gasteiger partial charge in [-0.2, -0.15) is 0 Å². The number of halogens is 3. The summed E-state index contributed by atoms with van der Waals surface area (Å²) in [6.07, 6.45) is 1.63. The molecule has 2 rings (SSSR count). The van der Waals surface area contributed by atoms with E-state index in [-0.39, 0.29) is 0 Å². The Hall–Kier alpha value is -1.30. The van der Waals surface area contributed by atoms with Gasteiger partial charge in [-0.1, -0.05) is 39.7 Å². The van der Waals surface area contributed by atoms with Crippen molar-refractivity contribution in [3.05, 3.63) is 68.2 Å². The Labute approximate surface area is 156 Å². The van der Waals surface area contributed by atoms with Crippen LogP contribution in [0.2, 0.25) is 5.02 Å². The molecule has 0 aliphatic rings. The average molecular weight is 460 g/mol. The highest BCUT2D eigenvalue weighted by molar-refractivity contribution is 9.11. The van der Waals surface area contributed by atoms with Gasteiger partial charge in [0.2, 0.25) is 0 Å². The van der Waals surface area contributed by atoms with Crippen molar-refractivity contribution in [3.63, 3.8) is 0 Å². The maximum Gasteiger partial charge on any atom is 0.340 e. The van der Waals surface area contributed by atoms with Gasteiger partial charge in [0.25, 0.3) is 0 Å². The first kappa shape index (κ1) is 18.0. The van der Waals surface area contributed by atoms with Gasteiger partial charge >= 0.3 is 5.97 Å². The summed E-state index contributed by atoms with van der Waals surface area (Å²) in [6.45, 7) is 2.09. The molecule has 0 atom stereocenters. The number of hydrogen-bond acceptors (Lipinski definition) is 3. The normalized spacial score (nSPS) is 11.2. The Kier molecular flexibility index (Phi) is 6.69. The van der Waals surface area contributed by atoms with E-state index in [1.165, 1.54) is 0 Å². The summed E-state index contributed by atoms with van der Waals surface area (Å²) in [5.41, 5.74) is 2.00. The molecule has 0 amide bonds. The Balaban J connectivity index is 2.32. The van der Waals surface area contributed by atoms with Gasteiger partial charge < -0.3 is 10.1 Å². The van der Waals surface area contributed by atoms with Crippen LogP contribution in [0.1, 0.15) is 12.5 Å². The average Bonchev–Trinajstić information content (AvgIpc) is 2.51.